The first-order valence-corrected chi connectivity index (χ1v) is 9.29. The Morgan fingerprint density at radius 1 is 1.27 bits per heavy atom. The van der Waals surface area contributed by atoms with Gasteiger partial charge in [-0.05, 0) is 0 Å². The van der Waals surface area contributed by atoms with E-state index in [0.717, 1.165) is 21.3 Å². The van der Waals surface area contributed by atoms with E-state index in [1.54, 1.807) is 7.11 Å². The minimum absolute atomic E-state index is 0.144. The van der Waals surface area contributed by atoms with E-state index in [2.05, 4.69) is 9.97 Å². The molecular formula is C17H23AsN2O2. The van der Waals surface area contributed by atoms with Crippen LogP contribution in [0.5, 0.6) is 5.88 Å². The number of hydrogen-bond donors (Lipinski definition) is 1. The van der Waals surface area contributed by atoms with Crippen molar-refractivity contribution in [3.05, 3.63) is 30.0 Å². The van der Waals surface area contributed by atoms with Gasteiger partial charge in [-0.3, -0.25) is 0 Å². The number of aliphatic hydroxyl groups excluding tert-OH is 1. The molecule has 0 aromatic carbocycles. The fraction of sp³-hybridized carbons (Fsp3) is 0.529. The molecule has 0 spiro atoms. The van der Waals surface area contributed by atoms with Gasteiger partial charge in [-0.15, -0.1) is 0 Å². The van der Waals surface area contributed by atoms with Gasteiger partial charge >= 0.3 is 139 Å². The van der Waals surface area contributed by atoms with Gasteiger partial charge in [0.15, 0.2) is 0 Å². The van der Waals surface area contributed by atoms with E-state index in [9.17, 15) is 5.11 Å². The molecule has 1 N–H and O–H groups in total. The molecule has 1 aliphatic carbocycles. The predicted molar refractivity (Wildman–Crippen MR) is 90.2 cm³/mol. The summed E-state index contributed by atoms with van der Waals surface area (Å²) in [5, 5.41) is 10.0. The molecule has 0 radical (unpaired) electrons. The number of aliphatic hydroxyl groups is 1. The molecule has 5 heteroatoms. The van der Waals surface area contributed by atoms with Gasteiger partial charge in [-0.1, -0.05) is 0 Å². The van der Waals surface area contributed by atoms with Crippen LogP contribution in [0.2, 0.25) is 4.71 Å². The zero-order valence-corrected chi connectivity index (χ0v) is 15.3. The van der Waals surface area contributed by atoms with Crippen LogP contribution < -0.4 is 4.74 Å². The average molecular weight is 362 g/mol. The molecule has 0 aliphatic heterocycles. The molecule has 0 saturated heterocycles. The second-order valence-electron chi connectivity index (χ2n) is 6.09. The Bertz CT molecular complexity index is 642. The topological polar surface area (TPSA) is 55.2 Å². The van der Waals surface area contributed by atoms with Crippen LogP contribution in [0, 0.1) is 5.92 Å². The molecule has 0 amide bonds. The monoisotopic (exact) mass is 362 g/mol. The first kappa shape index (κ1) is 15.8. The fourth-order valence-electron chi connectivity index (χ4n) is 3.49. The molecule has 1 saturated carbocycles. The standard InChI is InChI=1S/C17H23AsN2O2/c1-22-16-7-6-15-17(20-16)13(8-9-19-15)14(10-21)11-2-4-12(18)5-3-11/h6-9,11-12,14,21H,2-5,10,18H2,1H3. The Kier molecular flexibility index (Phi) is 4.99. The van der Waals surface area contributed by atoms with Crippen molar-refractivity contribution >= 4 is 27.9 Å². The number of fused-ring (bicyclic) bond motifs is 1. The molecule has 22 heavy (non-hydrogen) atoms. The number of rotatable bonds is 4. The van der Waals surface area contributed by atoms with Crippen molar-refractivity contribution in [1.29, 1.82) is 0 Å². The van der Waals surface area contributed by atoms with E-state index in [1.165, 1.54) is 25.7 Å². The van der Waals surface area contributed by atoms with Crippen molar-refractivity contribution in [3.63, 3.8) is 0 Å². The minimum atomic E-state index is 0.144. The summed E-state index contributed by atoms with van der Waals surface area (Å²) in [4.78, 5) is 8.97. The zero-order valence-electron chi connectivity index (χ0n) is 12.9. The Labute approximate surface area is 139 Å². The second kappa shape index (κ2) is 6.97. The van der Waals surface area contributed by atoms with Crippen molar-refractivity contribution in [2.24, 2.45) is 5.92 Å². The van der Waals surface area contributed by atoms with E-state index in [-0.39, 0.29) is 12.5 Å². The molecular weight excluding hydrogens is 339 g/mol. The Morgan fingerprint density at radius 2 is 2.05 bits per heavy atom. The molecule has 2 heterocycles. The van der Waals surface area contributed by atoms with E-state index in [4.69, 9.17) is 4.74 Å². The van der Waals surface area contributed by atoms with Gasteiger partial charge in [0, 0.05) is 0 Å². The van der Waals surface area contributed by atoms with Crippen molar-refractivity contribution in [1.82, 2.24) is 9.97 Å². The summed E-state index contributed by atoms with van der Waals surface area (Å²) in [6.07, 6.45) is 6.77. The number of aromatic nitrogens is 2. The number of ether oxygens (including phenoxy) is 1. The predicted octanol–water partition coefficient (Wildman–Crippen LogP) is 2.33. The van der Waals surface area contributed by atoms with E-state index >= 15 is 0 Å². The second-order valence-corrected chi connectivity index (χ2v) is 8.06. The van der Waals surface area contributed by atoms with E-state index < -0.39 is 0 Å². The summed E-state index contributed by atoms with van der Waals surface area (Å²) in [5.74, 6) is 1.28. The van der Waals surface area contributed by atoms with Gasteiger partial charge in [0.25, 0.3) is 0 Å². The van der Waals surface area contributed by atoms with Gasteiger partial charge in [0.2, 0.25) is 0 Å². The fourth-order valence-corrected chi connectivity index (χ4v) is 4.30. The Balaban J connectivity index is 1.99. The summed E-state index contributed by atoms with van der Waals surface area (Å²) in [5.41, 5.74) is 2.84. The summed E-state index contributed by atoms with van der Waals surface area (Å²) in [7, 11) is 1.62. The number of hydrogen-bond acceptors (Lipinski definition) is 4. The Hall–Kier alpha value is -1.12. The van der Waals surface area contributed by atoms with Gasteiger partial charge < -0.3 is 0 Å². The molecule has 3 rings (SSSR count). The van der Waals surface area contributed by atoms with Crippen LogP contribution in [0.25, 0.3) is 11.0 Å². The van der Waals surface area contributed by atoms with Crippen LogP contribution in [0.15, 0.2) is 24.4 Å². The third-order valence-electron chi connectivity index (χ3n) is 4.78. The van der Waals surface area contributed by atoms with Gasteiger partial charge in [-0.2, -0.15) is 0 Å². The molecule has 2 unspecified atom stereocenters. The van der Waals surface area contributed by atoms with E-state index in [1.807, 2.05) is 41.2 Å². The third kappa shape index (κ3) is 3.13. The number of methoxy groups -OCH3 is 1. The number of pyridine rings is 2. The molecule has 1 aliphatic rings. The van der Waals surface area contributed by atoms with Crippen LogP contribution in [0.4, 0.5) is 0 Å². The van der Waals surface area contributed by atoms with Crippen LogP contribution in [-0.2, 0) is 0 Å². The average Bonchev–Trinajstić information content (AvgIpc) is 2.57. The molecule has 2 atom stereocenters. The first-order valence-electron chi connectivity index (χ1n) is 7.89. The summed E-state index contributed by atoms with van der Waals surface area (Å²) < 4.78 is 6.12. The molecule has 1 fully saturated rings. The van der Waals surface area contributed by atoms with Gasteiger partial charge in [-0.25, -0.2) is 0 Å². The van der Waals surface area contributed by atoms with Crippen LogP contribution in [0.3, 0.4) is 0 Å². The van der Waals surface area contributed by atoms with Crippen LogP contribution >= 0.6 is 0 Å². The molecule has 4 nitrogen and oxygen atoms in total. The molecule has 118 valence electrons. The maximum atomic E-state index is 10.0. The van der Waals surface area contributed by atoms with Crippen LogP contribution in [-0.4, -0.2) is 45.6 Å². The quantitative estimate of drug-likeness (QED) is 0.849. The first-order chi connectivity index (χ1) is 10.7. The van der Waals surface area contributed by atoms with Crippen molar-refractivity contribution in [2.75, 3.05) is 13.7 Å². The Morgan fingerprint density at radius 3 is 2.73 bits per heavy atom. The zero-order chi connectivity index (χ0) is 15.5. The van der Waals surface area contributed by atoms with Crippen molar-refractivity contribution in [2.45, 2.75) is 36.3 Å². The molecule has 2 aromatic rings. The molecule has 2 aromatic heterocycles. The van der Waals surface area contributed by atoms with Crippen LogP contribution in [0.1, 0.15) is 37.2 Å². The summed E-state index contributed by atoms with van der Waals surface area (Å²) >= 11 is 1.86. The van der Waals surface area contributed by atoms with Crippen molar-refractivity contribution in [3.8, 4) is 5.88 Å². The van der Waals surface area contributed by atoms with Gasteiger partial charge in [0.05, 0.1) is 0 Å². The third-order valence-corrected chi connectivity index (χ3v) is 6.18. The van der Waals surface area contributed by atoms with Gasteiger partial charge in [0.1, 0.15) is 0 Å². The normalized spacial score (nSPS) is 23.4. The number of nitrogens with zero attached hydrogens (tertiary/aromatic N) is 2. The maximum absolute atomic E-state index is 10.0. The SMILES string of the molecule is COc1ccc2nccc(C(CO)C3CCC([AsH2])CC3)c2n1. The summed E-state index contributed by atoms with van der Waals surface area (Å²) in [6.45, 7) is 0.169. The summed E-state index contributed by atoms with van der Waals surface area (Å²) in [6, 6.07) is 5.78. The van der Waals surface area contributed by atoms with E-state index in [0.29, 0.717) is 11.8 Å². The molecule has 0 bridgehead atoms. The van der Waals surface area contributed by atoms with Crippen molar-refractivity contribution < 1.29 is 9.84 Å².